The van der Waals surface area contributed by atoms with Gasteiger partial charge in [-0.25, -0.2) is 13.1 Å². The van der Waals surface area contributed by atoms with Crippen LogP contribution in [-0.4, -0.2) is 38.7 Å². The van der Waals surface area contributed by atoms with E-state index in [0.29, 0.717) is 19.5 Å². The first-order chi connectivity index (χ1) is 8.90. The van der Waals surface area contributed by atoms with E-state index in [1.807, 2.05) is 0 Å². The van der Waals surface area contributed by atoms with Crippen molar-refractivity contribution >= 4 is 28.3 Å². The van der Waals surface area contributed by atoms with E-state index >= 15 is 0 Å². The van der Waals surface area contributed by atoms with Gasteiger partial charge in [-0.2, -0.15) is 0 Å². The Hall–Kier alpha value is -0.370. The van der Waals surface area contributed by atoms with Gasteiger partial charge in [0.25, 0.3) is 0 Å². The molecule has 1 rings (SSSR count). The predicted octanol–water partition coefficient (Wildman–Crippen LogP) is 0.515. The van der Waals surface area contributed by atoms with Gasteiger partial charge in [0.2, 0.25) is 15.9 Å². The molecule has 0 saturated heterocycles. The van der Waals surface area contributed by atoms with Crippen LogP contribution in [0.4, 0.5) is 0 Å². The normalized spacial score (nSPS) is 18.1. The summed E-state index contributed by atoms with van der Waals surface area (Å²) in [5.41, 5.74) is 5.36. The lowest BCUT2D eigenvalue weighted by Crippen LogP contribution is -2.55. The first-order valence-electron chi connectivity index (χ1n) is 6.94. The second kappa shape index (κ2) is 8.81. The van der Waals surface area contributed by atoms with Crippen molar-refractivity contribution in [3.8, 4) is 0 Å². The summed E-state index contributed by atoms with van der Waals surface area (Å²) in [5, 5.41) is 2.80. The molecule has 0 aliphatic heterocycles. The van der Waals surface area contributed by atoms with Crippen molar-refractivity contribution < 1.29 is 13.2 Å². The summed E-state index contributed by atoms with van der Waals surface area (Å²) >= 11 is 0. The maximum atomic E-state index is 12.0. The molecule has 0 bridgehead atoms. The standard InChI is InChI=1S/C12H25N3O3S.ClH/c1-2-19(17,18)15-10-6-9-14-11(16)12(13)7-4-3-5-8-12;/h15H,2-10,13H2,1H3,(H,14,16);1H. The zero-order chi connectivity index (χ0) is 14.4. The fraction of sp³-hybridized carbons (Fsp3) is 0.917. The summed E-state index contributed by atoms with van der Waals surface area (Å²) in [7, 11) is -3.14. The zero-order valence-corrected chi connectivity index (χ0v) is 13.6. The van der Waals surface area contributed by atoms with E-state index < -0.39 is 15.6 Å². The van der Waals surface area contributed by atoms with Crippen LogP contribution in [0, 0.1) is 0 Å². The smallest absolute Gasteiger partial charge is 0.240 e. The summed E-state index contributed by atoms with van der Waals surface area (Å²) in [6.45, 7) is 2.38. The molecular weight excluding hydrogens is 302 g/mol. The number of halogens is 1. The van der Waals surface area contributed by atoms with Crippen molar-refractivity contribution in [2.24, 2.45) is 5.73 Å². The number of hydrogen-bond donors (Lipinski definition) is 3. The van der Waals surface area contributed by atoms with Gasteiger partial charge in [-0.3, -0.25) is 4.79 Å². The lowest BCUT2D eigenvalue weighted by Gasteiger charge is -2.31. The number of hydrogen-bond acceptors (Lipinski definition) is 4. The molecule has 1 fully saturated rings. The van der Waals surface area contributed by atoms with Gasteiger partial charge in [-0.1, -0.05) is 19.3 Å². The molecule has 1 aliphatic rings. The number of sulfonamides is 1. The number of rotatable bonds is 7. The maximum absolute atomic E-state index is 12.0. The van der Waals surface area contributed by atoms with Gasteiger partial charge in [0, 0.05) is 13.1 Å². The van der Waals surface area contributed by atoms with Crippen molar-refractivity contribution in [2.45, 2.75) is 51.0 Å². The van der Waals surface area contributed by atoms with Crippen LogP contribution in [-0.2, 0) is 14.8 Å². The molecule has 0 aromatic carbocycles. The van der Waals surface area contributed by atoms with Crippen molar-refractivity contribution in [3.05, 3.63) is 0 Å². The molecule has 0 heterocycles. The third kappa shape index (κ3) is 6.39. The lowest BCUT2D eigenvalue weighted by atomic mass is 9.82. The molecule has 1 aliphatic carbocycles. The Morgan fingerprint density at radius 3 is 2.35 bits per heavy atom. The van der Waals surface area contributed by atoms with E-state index in [4.69, 9.17) is 5.73 Å². The Balaban J connectivity index is 0.00000361. The number of nitrogens with two attached hydrogens (primary N) is 1. The molecule has 0 spiro atoms. The van der Waals surface area contributed by atoms with Crippen LogP contribution in [0.15, 0.2) is 0 Å². The predicted molar refractivity (Wildman–Crippen MR) is 82.3 cm³/mol. The van der Waals surface area contributed by atoms with E-state index in [2.05, 4.69) is 10.0 Å². The highest BCUT2D eigenvalue weighted by Crippen LogP contribution is 2.25. The van der Waals surface area contributed by atoms with Crippen molar-refractivity contribution in [2.75, 3.05) is 18.8 Å². The third-order valence-electron chi connectivity index (χ3n) is 3.54. The van der Waals surface area contributed by atoms with Crippen LogP contribution in [0.2, 0.25) is 0 Å². The Morgan fingerprint density at radius 2 is 1.80 bits per heavy atom. The first kappa shape index (κ1) is 19.6. The first-order valence-corrected chi connectivity index (χ1v) is 8.59. The zero-order valence-electron chi connectivity index (χ0n) is 12.0. The van der Waals surface area contributed by atoms with E-state index in [1.165, 1.54) is 0 Å². The molecule has 6 nitrogen and oxygen atoms in total. The van der Waals surface area contributed by atoms with Gasteiger partial charge >= 0.3 is 0 Å². The summed E-state index contributed by atoms with van der Waals surface area (Å²) < 4.78 is 24.8. The van der Waals surface area contributed by atoms with Crippen molar-refractivity contribution in [1.82, 2.24) is 10.0 Å². The van der Waals surface area contributed by atoms with E-state index in [-0.39, 0.29) is 24.1 Å². The Kier molecular flexibility index (Phi) is 8.65. The van der Waals surface area contributed by atoms with Gasteiger partial charge in [-0.05, 0) is 26.2 Å². The molecule has 120 valence electrons. The molecule has 8 heteroatoms. The SMILES string of the molecule is CCS(=O)(=O)NCCCNC(=O)C1(N)CCCCC1.Cl. The molecule has 1 saturated carbocycles. The average Bonchev–Trinajstić information content (AvgIpc) is 2.39. The number of carbonyl (C=O) groups is 1. The molecule has 0 aromatic rings. The summed E-state index contributed by atoms with van der Waals surface area (Å²) in [4.78, 5) is 12.0. The van der Waals surface area contributed by atoms with E-state index in [0.717, 1.165) is 32.1 Å². The number of nitrogens with one attached hydrogen (secondary N) is 2. The maximum Gasteiger partial charge on any atom is 0.240 e. The van der Waals surface area contributed by atoms with Gasteiger partial charge in [0.05, 0.1) is 11.3 Å². The molecule has 4 N–H and O–H groups in total. The number of amides is 1. The van der Waals surface area contributed by atoms with Crippen molar-refractivity contribution in [3.63, 3.8) is 0 Å². The van der Waals surface area contributed by atoms with Crippen LogP contribution in [0.3, 0.4) is 0 Å². The van der Waals surface area contributed by atoms with Gasteiger partial charge in [-0.15, -0.1) is 12.4 Å². The lowest BCUT2D eigenvalue weighted by molar-refractivity contribution is -0.127. The number of carbonyl (C=O) groups excluding carboxylic acids is 1. The van der Waals surface area contributed by atoms with Gasteiger partial charge < -0.3 is 11.1 Å². The second-order valence-electron chi connectivity index (χ2n) is 5.12. The van der Waals surface area contributed by atoms with Crippen LogP contribution < -0.4 is 15.8 Å². The largest absolute Gasteiger partial charge is 0.354 e. The van der Waals surface area contributed by atoms with Crippen molar-refractivity contribution in [1.29, 1.82) is 0 Å². The second-order valence-corrected chi connectivity index (χ2v) is 7.22. The van der Waals surface area contributed by atoms with Crippen LogP contribution in [0.1, 0.15) is 45.4 Å². The molecule has 0 unspecified atom stereocenters. The Labute approximate surface area is 127 Å². The summed E-state index contributed by atoms with van der Waals surface area (Å²) in [6, 6.07) is 0. The van der Waals surface area contributed by atoms with Gasteiger partial charge in [0.1, 0.15) is 0 Å². The molecule has 1 amide bonds. The Morgan fingerprint density at radius 1 is 1.20 bits per heavy atom. The minimum Gasteiger partial charge on any atom is -0.354 e. The summed E-state index contributed by atoms with van der Waals surface area (Å²) in [6.07, 6.45) is 5.19. The molecular formula is C12H26ClN3O3S. The molecule has 20 heavy (non-hydrogen) atoms. The highest BCUT2D eigenvalue weighted by atomic mass is 35.5. The monoisotopic (exact) mass is 327 g/mol. The molecule has 0 radical (unpaired) electrons. The molecule has 0 atom stereocenters. The van der Waals surface area contributed by atoms with E-state index in [1.54, 1.807) is 6.92 Å². The highest BCUT2D eigenvalue weighted by Gasteiger charge is 2.34. The minimum absolute atomic E-state index is 0. The van der Waals surface area contributed by atoms with E-state index in [9.17, 15) is 13.2 Å². The fourth-order valence-electron chi connectivity index (χ4n) is 2.21. The molecule has 0 aromatic heterocycles. The average molecular weight is 328 g/mol. The fourth-order valence-corrected chi connectivity index (χ4v) is 2.87. The topological polar surface area (TPSA) is 101 Å². The van der Waals surface area contributed by atoms with Crippen LogP contribution in [0.25, 0.3) is 0 Å². The van der Waals surface area contributed by atoms with Gasteiger partial charge in [0.15, 0.2) is 0 Å². The van der Waals surface area contributed by atoms with Crippen LogP contribution in [0.5, 0.6) is 0 Å². The Bertz CT molecular complexity index is 395. The minimum atomic E-state index is -3.14. The highest BCUT2D eigenvalue weighted by molar-refractivity contribution is 7.89. The summed E-state index contributed by atoms with van der Waals surface area (Å²) in [5.74, 6) is -0.0313. The quantitative estimate of drug-likeness (QED) is 0.593. The van der Waals surface area contributed by atoms with Crippen LogP contribution >= 0.6 is 12.4 Å². The third-order valence-corrected chi connectivity index (χ3v) is 4.94.